The lowest BCUT2D eigenvalue weighted by molar-refractivity contribution is 0.307. The van der Waals surface area contributed by atoms with E-state index < -0.39 is 0 Å². The summed E-state index contributed by atoms with van der Waals surface area (Å²) in [6.45, 7) is 0. The molecule has 1 aromatic heterocycles. The van der Waals surface area contributed by atoms with Crippen molar-refractivity contribution in [3.63, 3.8) is 0 Å². The zero-order valence-corrected chi connectivity index (χ0v) is 14.6. The molecule has 2 saturated carbocycles. The van der Waals surface area contributed by atoms with E-state index in [1.807, 2.05) is 23.9 Å². The summed E-state index contributed by atoms with van der Waals surface area (Å²) in [5.74, 6) is 3.63. The molecule has 2 aliphatic carbocycles. The minimum absolute atomic E-state index is 0.0910. The summed E-state index contributed by atoms with van der Waals surface area (Å²) in [5, 5.41) is 1.81. The zero-order chi connectivity index (χ0) is 15.6. The van der Waals surface area contributed by atoms with Crippen molar-refractivity contribution in [2.24, 2.45) is 17.8 Å². The molecule has 0 spiro atoms. The number of aromatic nitrogens is 1. The van der Waals surface area contributed by atoms with Crippen molar-refractivity contribution in [1.82, 2.24) is 4.98 Å². The van der Waals surface area contributed by atoms with Crippen molar-refractivity contribution < 1.29 is 4.74 Å². The van der Waals surface area contributed by atoms with Crippen LogP contribution in [0.5, 0.6) is 5.75 Å². The highest BCUT2D eigenvalue weighted by molar-refractivity contribution is 8.00. The van der Waals surface area contributed by atoms with Crippen LogP contribution in [0.3, 0.4) is 0 Å². The minimum Gasteiger partial charge on any atom is -0.497 e. The van der Waals surface area contributed by atoms with Gasteiger partial charge in [0.1, 0.15) is 5.75 Å². The molecular weight excluding hydrogens is 326 g/mol. The number of nitrogens with one attached hydrogen (secondary N) is 1. The van der Waals surface area contributed by atoms with E-state index >= 15 is 0 Å². The van der Waals surface area contributed by atoms with E-state index in [0.29, 0.717) is 17.1 Å². The Hall–Kier alpha value is -1.20. The molecule has 3 aliphatic rings. The first-order valence-corrected chi connectivity index (χ1v) is 9.98. The van der Waals surface area contributed by atoms with E-state index in [2.05, 4.69) is 17.1 Å². The molecule has 5 rings (SSSR count). The molecule has 1 aliphatic heterocycles. The number of thioether (sulfide) groups is 1. The van der Waals surface area contributed by atoms with E-state index in [1.54, 1.807) is 7.11 Å². The Balaban J connectivity index is 1.64. The maximum atomic E-state index is 12.0. The van der Waals surface area contributed by atoms with Crippen LogP contribution in [0.25, 0.3) is 0 Å². The van der Waals surface area contributed by atoms with E-state index in [-0.39, 0.29) is 4.87 Å². The Bertz CT molecular complexity index is 794. The summed E-state index contributed by atoms with van der Waals surface area (Å²) in [6.07, 6.45) is 4.12. The summed E-state index contributed by atoms with van der Waals surface area (Å²) < 4.78 is 5.31. The summed E-state index contributed by atoms with van der Waals surface area (Å²) in [7, 11) is 1.70. The second kappa shape index (κ2) is 5.15. The fourth-order valence-corrected chi connectivity index (χ4v) is 7.93. The largest absolute Gasteiger partial charge is 0.497 e. The van der Waals surface area contributed by atoms with Crippen LogP contribution in [0.15, 0.2) is 34.1 Å². The van der Waals surface area contributed by atoms with Crippen LogP contribution in [0.4, 0.5) is 0 Å². The van der Waals surface area contributed by atoms with Crippen LogP contribution < -0.4 is 9.61 Å². The first-order valence-electron chi connectivity index (χ1n) is 8.28. The Morgan fingerprint density at radius 1 is 1.17 bits per heavy atom. The van der Waals surface area contributed by atoms with Crippen molar-refractivity contribution >= 4 is 23.1 Å². The number of aromatic amines is 1. The van der Waals surface area contributed by atoms with Gasteiger partial charge in [-0.3, -0.25) is 4.79 Å². The van der Waals surface area contributed by atoms with Crippen LogP contribution in [0.1, 0.15) is 35.6 Å². The monoisotopic (exact) mass is 345 g/mol. The summed E-state index contributed by atoms with van der Waals surface area (Å²) in [5.41, 5.74) is 1.34. The smallest absolute Gasteiger partial charge is 0.305 e. The average Bonchev–Trinajstić information content (AvgIpc) is 3.26. The van der Waals surface area contributed by atoms with Crippen LogP contribution in [0, 0.1) is 17.8 Å². The SMILES string of the molecule is COc1ccc([C@H]2c3sc(=O)[nH]c3S[C@@H]3[C@@H]4CC[C@H](C4)[C@H]23)cc1. The maximum Gasteiger partial charge on any atom is 0.305 e. The molecule has 3 nitrogen and oxygen atoms in total. The van der Waals surface area contributed by atoms with Crippen LogP contribution >= 0.6 is 23.1 Å². The molecular formula is C18H19NO2S2. The average molecular weight is 345 g/mol. The predicted octanol–water partition coefficient (Wildman–Crippen LogP) is 4.10. The fourth-order valence-electron chi connectivity index (χ4n) is 5.03. The molecule has 2 heterocycles. The van der Waals surface area contributed by atoms with Gasteiger partial charge in [0, 0.05) is 16.0 Å². The van der Waals surface area contributed by atoms with Gasteiger partial charge < -0.3 is 9.72 Å². The van der Waals surface area contributed by atoms with Gasteiger partial charge in [0.05, 0.1) is 12.1 Å². The first-order chi connectivity index (χ1) is 11.2. The van der Waals surface area contributed by atoms with Gasteiger partial charge >= 0.3 is 4.87 Å². The lowest BCUT2D eigenvalue weighted by Gasteiger charge is -2.40. The van der Waals surface area contributed by atoms with Gasteiger partial charge in [0.2, 0.25) is 0 Å². The van der Waals surface area contributed by atoms with Gasteiger partial charge in [-0.2, -0.15) is 0 Å². The van der Waals surface area contributed by atoms with Crippen molar-refractivity contribution in [1.29, 1.82) is 0 Å². The lowest BCUT2D eigenvalue weighted by atomic mass is 9.75. The third kappa shape index (κ3) is 2.06. The highest BCUT2D eigenvalue weighted by Gasteiger charge is 2.54. The van der Waals surface area contributed by atoms with Gasteiger partial charge in [-0.1, -0.05) is 23.5 Å². The molecule has 1 aromatic carbocycles. The molecule has 0 unspecified atom stereocenters. The Kier molecular flexibility index (Phi) is 3.17. The van der Waals surface area contributed by atoms with E-state index in [0.717, 1.165) is 22.6 Å². The molecule has 5 atom stereocenters. The van der Waals surface area contributed by atoms with Gasteiger partial charge in [-0.15, -0.1) is 11.8 Å². The summed E-state index contributed by atoms with van der Waals surface area (Å²) >= 11 is 3.36. The quantitative estimate of drug-likeness (QED) is 0.891. The normalized spacial score (nSPS) is 34.2. The highest BCUT2D eigenvalue weighted by atomic mass is 32.2. The Morgan fingerprint density at radius 2 is 1.96 bits per heavy atom. The van der Waals surface area contributed by atoms with Crippen LogP contribution in [-0.2, 0) is 0 Å². The van der Waals surface area contributed by atoms with Gasteiger partial charge in [-0.25, -0.2) is 0 Å². The zero-order valence-electron chi connectivity index (χ0n) is 13.0. The Labute approximate surface area is 143 Å². The number of methoxy groups -OCH3 is 1. The van der Waals surface area contributed by atoms with Gasteiger partial charge in [0.15, 0.2) is 0 Å². The van der Waals surface area contributed by atoms with Gasteiger partial charge in [-0.05, 0) is 54.7 Å². The minimum atomic E-state index is 0.0910. The lowest BCUT2D eigenvalue weighted by Crippen LogP contribution is -2.33. The van der Waals surface area contributed by atoms with E-state index in [4.69, 9.17) is 4.74 Å². The summed E-state index contributed by atoms with van der Waals surface area (Å²) in [4.78, 5) is 16.4. The number of hydrogen-bond donors (Lipinski definition) is 1. The van der Waals surface area contributed by atoms with Gasteiger partial charge in [0.25, 0.3) is 0 Å². The number of thiazole rings is 1. The number of benzene rings is 1. The molecule has 0 radical (unpaired) electrons. The van der Waals surface area contributed by atoms with Crippen molar-refractivity contribution in [2.75, 3.05) is 7.11 Å². The third-order valence-corrected chi connectivity index (χ3v) is 8.56. The highest BCUT2D eigenvalue weighted by Crippen LogP contribution is 2.63. The van der Waals surface area contributed by atoms with Crippen LogP contribution in [-0.4, -0.2) is 17.3 Å². The first kappa shape index (κ1) is 14.2. The molecule has 1 N–H and O–H groups in total. The Morgan fingerprint density at radius 3 is 2.74 bits per heavy atom. The number of ether oxygens (including phenoxy) is 1. The fraction of sp³-hybridized carbons (Fsp3) is 0.500. The third-order valence-electron chi connectivity index (χ3n) is 5.94. The summed E-state index contributed by atoms with van der Waals surface area (Å²) in [6, 6.07) is 8.48. The molecule has 2 bridgehead atoms. The molecule has 2 aromatic rings. The number of hydrogen-bond acceptors (Lipinski definition) is 4. The maximum absolute atomic E-state index is 12.0. The molecule has 5 heteroatoms. The number of H-pyrrole nitrogens is 1. The van der Waals surface area contributed by atoms with E-state index in [9.17, 15) is 4.79 Å². The molecule has 0 amide bonds. The molecule has 2 fully saturated rings. The molecule has 120 valence electrons. The van der Waals surface area contributed by atoms with Crippen molar-refractivity contribution in [2.45, 2.75) is 35.5 Å². The van der Waals surface area contributed by atoms with Crippen molar-refractivity contribution in [3.8, 4) is 5.75 Å². The van der Waals surface area contributed by atoms with E-state index in [1.165, 1.54) is 41.0 Å². The van der Waals surface area contributed by atoms with Crippen molar-refractivity contribution in [3.05, 3.63) is 44.4 Å². The molecule has 23 heavy (non-hydrogen) atoms. The van der Waals surface area contributed by atoms with Crippen LogP contribution in [0.2, 0.25) is 0 Å². The number of rotatable bonds is 2. The second-order valence-electron chi connectivity index (χ2n) is 6.95. The topological polar surface area (TPSA) is 42.1 Å². The standard InChI is InChI=1S/C18H19NO2S2/c1-21-12-6-4-9(5-7-12)13-14-10-2-3-11(8-10)15(14)22-17-16(13)23-18(20)19-17/h4-7,10-11,13-15H,2-3,8H2,1H3,(H,19,20)/t10-,11-,13-,14-,15-/m1/s1. The molecule has 0 saturated heterocycles. The predicted molar refractivity (Wildman–Crippen MR) is 93.7 cm³/mol. The second-order valence-corrected chi connectivity index (χ2v) is 9.15. The number of fused-ring (bicyclic) bond motifs is 6.